The molecule has 0 aromatic heterocycles. The van der Waals surface area contributed by atoms with E-state index in [-0.39, 0.29) is 0 Å². The first kappa shape index (κ1) is 12.2. The van der Waals surface area contributed by atoms with Crippen molar-refractivity contribution in [3.8, 4) is 0 Å². The summed E-state index contributed by atoms with van der Waals surface area (Å²) in [5.41, 5.74) is 2.76. The zero-order valence-electron chi connectivity index (χ0n) is 8.97. The highest BCUT2D eigenvalue weighted by molar-refractivity contribution is 5.49. The number of aldehydes is 1. The third-order valence-electron chi connectivity index (χ3n) is 1.87. The second kappa shape index (κ2) is 7.78. The average molecular weight is 180 g/mol. The molecular formula is C12H20O. The topological polar surface area (TPSA) is 17.1 Å². The molecule has 0 unspecified atom stereocenters. The molecule has 0 heterocycles. The maximum atomic E-state index is 10.1. The van der Waals surface area contributed by atoms with Crippen molar-refractivity contribution in [3.63, 3.8) is 0 Å². The van der Waals surface area contributed by atoms with Crippen LogP contribution in [-0.2, 0) is 4.79 Å². The molecule has 0 aromatic rings. The van der Waals surface area contributed by atoms with Gasteiger partial charge in [-0.3, -0.25) is 0 Å². The van der Waals surface area contributed by atoms with Crippen LogP contribution in [-0.4, -0.2) is 6.29 Å². The Bertz CT molecular complexity index is 195. The molecule has 0 fully saturated rings. The van der Waals surface area contributed by atoms with Gasteiger partial charge in [0.2, 0.25) is 0 Å². The number of carbonyl (C=O) groups is 1. The summed E-state index contributed by atoms with van der Waals surface area (Å²) in [6.07, 6.45) is 9.16. The Labute approximate surface area is 81.5 Å². The first-order valence-corrected chi connectivity index (χ1v) is 4.89. The zero-order valence-corrected chi connectivity index (χ0v) is 8.97. The number of unbranched alkanes of at least 4 members (excludes halogenated alkanes) is 1. The molecule has 1 nitrogen and oxygen atoms in total. The van der Waals surface area contributed by atoms with Crippen molar-refractivity contribution in [1.29, 1.82) is 0 Å². The average Bonchev–Trinajstić information content (AvgIpc) is 2.04. The van der Waals surface area contributed by atoms with Crippen LogP contribution in [0.2, 0.25) is 0 Å². The quantitative estimate of drug-likeness (QED) is 0.346. The molecule has 0 spiro atoms. The highest BCUT2D eigenvalue weighted by atomic mass is 16.1. The Morgan fingerprint density at radius 3 is 2.23 bits per heavy atom. The summed E-state index contributed by atoms with van der Waals surface area (Å²) < 4.78 is 0. The van der Waals surface area contributed by atoms with Crippen molar-refractivity contribution in [2.75, 3.05) is 0 Å². The Hall–Kier alpha value is -0.850. The molecule has 74 valence electrons. The first-order valence-electron chi connectivity index (χ1n) is 4.89. The van der Waals surface area contributed by atoms with Crippen LogP contribution in [0.25, 0.3) is 0 Å². The van der Waals surface area contributed by atoms with Crippen molar-refractivity contribution < 1.29 is 4.79 Å². The van der Waals surface area contributed by atoms with E-state index in [1.807, 2.05) is 0 Å². The van der Waals surface area contributed by atoms with E-state index < -0.39 is 0 Å². The molecule has 0 bridgehead atoms. The molecule has 0 atom stereocenters. The molecule has 0 aromatic carbocycles. The fourth-order valence-electron chi connectivity index (χ4n) is 1.09. The predicted molar refractivity (Wildman–Crippen MR) is 57.7 cm³/mol. The molecule has 0 saturated heterocycles. The van der Waals surface area contributed by atoms with Gasteiger partial charge in [-0.15, -0.1) is 0 Å². The molecule has 0 amide bonds. The fraction of sp³-hybridized carbons (Fsp3) is 0.583. The molecule has 0 rings (SSSR count). The second-order valence-corrected chi connectivity index (χ2v) is 3.61. The second-order valence-electron chi connectivity index (χ2n) is 3.61. The van der Waals surface area contributed by atoms with E-state index >= 15 is 0 Å². The van der Waals surface area contributed by atoms with Gasteiger partial charge in [0.25, 0.3) is 0 Å². The number of hydrogen-bond acceptors (Lipinski definition) is 1. The van der Waals surface area contributed by atoms with Crippen LogP contribution < -0.4 is 0 Å². The van der Waals surface area contributed by atoms with Crippen LogP contribution in [0.5, 0.6) is 0 Å². The van der Waals surface area contributed by atoms with Gasteiger partial charge in [-0.25, -0.2) is 0 Å². The summed E-state index contributed by atoms with van der Waals surface area (Å²) in [7, 11) is 0. The molecule has 1 heteroatoms. The van der Waals surface area contributed by atoms with Crippen LogP contribution >= 0.6 is 0 Å². The molecule has 0 radical (unpaired) electrons. The third-order valence-corrected chi connectivity index (χ3v) is 1.87. The van der Waals surface area contributed by atoms with Gasteiger partial charge < -0.3 is 4.79 Å². The lowest BCUT2D eigenvalue weighted by molar-refractivity contribution is -0.107. The van der Waals surface area contributed by atoms with Gasteiger partial charge in [0.15, 0.2) is 0 Å². The van der Waals surface area contributed by atoms with Crippen molar-refractivity contribution >= 4 is 6.29 Å². The fourth-order valence-corrected chi connectivity index (χ4v) is 1.09. The van der Waals surface area contributed by atoms with Gasteiger partial charge in [0.05, 0.1) is 0 Å². The number of carbonyl (C=O) groups excluding carboxylic acids is 1. The molecule has 0 N–H and O–H groups in total. The first-order chi connectivity index (χ1) is 6.16. The molecule has 0 saturated carbocycles. The van der Waals surface area contributed by atoms with E-state index in [0.29, 0.717) is 6.42 Å². The lowest BCUT2D eigenvalue weighted by Gasteiger charge is -1.97. The zero-order chi connectivity index (χ0) is 10.1. The van der Waals surface area contributed by atoms with E-state index in [1.165, 1.54) is 11.1 Å². The van der Waals surface area contributed by atoms with E-state index in [0.717, 1.165) is 25.5 Å². The summed E-state index contributed by atoms with van der Waals surface area (Å²) in [6.45, 7) is 6.36. The van der Waals surface area contributed by atoms with Gasteiger partial charge in [0.1, 0.15) is 6.29 Å². The van der Waals surface area contributed by atoms with E-state index in [2.05, 4.69) is 32.9 Å². The minimum absolute atomic E-state index is 0.653. The smallest absolute Gasteiger partial charge is 0.120 e. The van der Waals surface area contributed by atoms with Crippen LogP contribution in [0.3, 0.4) is 0 Å². The Balaban J connectivity index is 3.60. The molecule has 13 heavy (non-hydrogen) atoms. The monoisotopic (exact) mass is 180 g/mol. The van der Waals surface area contributed by atoms with Crippen molar-refractivity contribution in [1.82, 2.24) is 0 Å². The summed E-state index contributed by atoms with van der Waals surface area (Å²) in [4.78, 5) is 10.1. The highest BCUT2D eigenvalue weighted by Gasteiger charge is 1.88. The standard InChI is InChI=1S/C12H20O/c1-11(2)7-6-9-12(3)8-4-5-10-13/h7-8,10H,4-6,9H2,1-3H3/b12-8+. The van der Waals surface area contributed by atoms with Crippen LogP contribution in [0.1, 0.15) is 46.5 Å². The van der Waals surface area contributed by atoms with Crippen LogP contribution in [0.4, 0.5) is 0 Å². The van der Waals surface area contributed by atoms with E-state index in [4.69, 9.17) is 0 Å². The van der Waals surface area contributed by atoms with Crippen LogP contribution in [0.15, 0.2) is 23.3 Å². The van der Waals surface area contributed by atoms with Gasteiger partial charge >= 0.3 is 0 Å². The summed E-state index contributed by atoms with van der Waals surface area (Å²) in [6, 6.07) is 0. The lowest BCUT2D eigenvalue weighted by Crippen LogP contribution is -1.79. The highest BCUT2D eigenvalue weighted by Crippen LogP contribution is 2.07. The molecular weight excluding hydrogens is 160 g/mol. The number of hydrogen-bond donors (Lipinski definition) is 0. The molecule has 0 aliphatic heterocycles. The summed E-state index contributed by atoms with van der Waals surface area (Å²) >= 11 is 0. The van der Waals surface area contributed by atoms with Gasteiger partial charge in [-0.05, 0) is 40.0 Å². The lowest BCUT2D eigenvalue weighted by atomic mass is 10.1. The maximum absolute atomic E-state index is 10.1. The molecule has 0 aliphatic carbocycles. The largest absolute Gasteiger partial charge is 0.303 e. The summed E-state index contributed by atoms with van der Waals surface area (Å²) in [5, 5.41) is 0. The van der Waals surface area contributed by atoms with Crippen molar-refractivity contribution in [2.45, 2.75) is 46.5 Å². The minimum Gasteiger partial charge on any atom is -0.303 e. The number of allylic oxidation sites excluding steroid dienone is 4. The normalized spacial score (nSPS) is 11.2. The van der Waals surface area contributed by atoms with E-state index in [9.17, 15) is 4.79 Å². The van der Waals surface area contributed by atoms with Gasteiger partial charge in [-0.1, -0.05) is 23.3 Å². The Morgan fingerprint density at radius 1 is 1.00 bits per heavy atom. The van der Waals surface area contributed by atoms with Crippen molar-refractivity contribution in [2.24, 2.45) is 0 Å². The summed E-state index contributed by atoms with van der Waals surface area (Å²) in [5.74, 6) is 0. The SMILES string of the molecule is CC(C)=CCC/C(C)=C/CCC=O. The van der Waals surface area contributed by atoms with Gasteiger partial charge in [0, 0.05) is 6.42 Å². The van der Waals surface area contributed by atoms with Gasteiger partial charge in [-0.2, -0.15) is 0 Å². The maximum Gasteiger partial charge on any atom is 0.120 e. The third kappa shape index (κ3) is 9.06. The van der Waals surface area contributed by atoms with E-state index in [1.54, 1.807) is 0 Å². The minimum atomic E-state index is 0.653. The van der Waals surface area contributed by atoms with Crippen LogP contribution in [0, 0.1) is 0 Å². The Kier molecular flexibility index (Phi) is 7.27. The molecule has 0 aliphatic rings. The Morgan fingerprint density at radius 2 is 1.69 bits per heavy atom. The van der Waals surface area contributed by atoms with Crippen molar-refractivity contribution in [3.05, 3.63) is 23.3 Å². The number of rotatable bonds is 6. The predicted octanol–water partition coefficient (Wildman–Crippen LogP) is 3.66.